The van der Waals surface area contributed by atoms with Crippen molar-refractivity contribution < 1.29 is 9.50 Å². The van der Waals surface area contributed by atoms with Gasteiger partial charge < -0.3 is 15.3 Å². The van der Waals surface area contributed by atoms with Gasteiger partial charge in [0, 0.05) is 19.6 Å². The molecular weight excluding hydrogens is 243 g/mol. The first-order valence-electron chi connectivity index (χ1n) is 7.01. The van der Waals surface area contributed by atoms with Crippen LogP contribution in [-0.4, -0.2) is 42.3 Å². The molecule has 0 amide bonds. The molecule has 1 fully saturated rings. The Morgan fingerprint density at radius 2 is 2.11 bits per heavy atom. The van der Waals surface area contributed by atoms with Gasteiger partial charge in [0.25, 0.3) is 0 Å². The summed E-state index contributed by atoms with van der Waals surface area (Å²) < 4.78 is 13.0. The van der Waals surface area contributed by atoms with E-state index in [9.17, 15) is 9.50 Å². The minimum absolute atomic E-state index is 0.199. The molecule has 2 rings (SSSR count). The lowest BCUT2D eigenvalue weighted by Crippen LogP contribution is -2.36. The molecule has 106 valence electrons. The zero-order valence-electron chi connectivity index (χ0n) is 11.5. The van der Waals surface area contributed by atoms with E-state index in [0.717, 1.165) is 30.8 Å². The number of nitrogens with zero attached hydrogens (tertiary/aromatic N) is 1. The lowest BCUT2D eigenvalue weighted by atomic mass is 10.1. The van der Waals surface area contributed by atoms with Crippen LogP contribution in [0, 0.1) is 12.7 Å². The molecular formula is C15H23FN2O. The largest absolute Gasteiger partial charge is 0.390 e. The number of nitrogens with one attached hydrogen (secondary N) is 1. The normalized spacial score (nSPS) is 17.8. The van der Waals surface area contributed by atoms with Gasteiger partial charge in [0.15, 0.2) is 0 Å². The fourth-order valence-corrected chi connectivity index (χ4v) is 2.56. The average molecular weight is 266 g/mol. The van der Waals surface area contributed by atoms with Crippen LogP contribution in [0.1, 0.15) is 24.0 Å². The Balaban J connectivity index is 1.70. The highest BCUT2D eigenvalue weighted by Crippen LogP contribution is 2.10. The summed E-state index contributed by atoms with van der Waals surface area (Å²) in [6, 6.07) is 4.81. The maximum absolute atomic E-state index is 13.0. The lowest BCUT2D eigenvalue weighted by Gasteiger charge is -2.19. The van der Waals surface area contributed by atoms with Crippen LogP contribution in [0.25, 0.3) is 0 Å². The van der Waals surface area contributed by atoms with Gasteiger partial charge >= 0.3 is 0 Å². The zero-order chi connectivity index (χ0) is 13.7. The van der Waals surface area contributed by atoms with E-state index in [1.165, 1.54) is 25.0 Å². The Morgan fingerprint density at radius 1 is 1.37 bits per heavy atom. The van der Waals surface area contributed by atoms with Crippen molar-refractivity contribution in [2.75, 3.05) is 26.2 Å². The summed E-state index contributed by atoms with van der Waals surface area (Å²) in [5, 5.41) is 13.2. The number of halogens is 1. The van der Waals surface area contributed by atoms with E-state index in [2.05, 4.69) is 10.2 Å². The molecule has 4 heteroatoms. The van der Waals surface area contributed by atoms with Gasteiger partial charge in [0.2, 0.25) is 0 Å². The van der Waals surface area contributed by atoms with Crippen LogP contribution in [0.15, 0.2) is 18.2 Å². The molecule has 3 nitrogen and oxygen atoms in total. The number of benzene rings is 1. The van der Waals surface area contributed by atoms with E-state index < -0.39 is 0 Å². The van der Waals surface area contributed by atoms with Gasteiger partial charge in [-0.3, -0.25) is 0 Å². The zero-order valence-corrected chi connectivity index (χ0v) is 11.5. The minimum Gasteiger partial charge on any atom is -0.390 e. The Hall–Kier alpha value is -0.970. The van der Waals surface area contributed by atoms with Crippen molar-refractivity contribution in [1.82, 2.24) is 10.2 Å². The van der Waals surface area contributed by atoms with Gasteiger partial charge in [-0.25, -0.2) is 4.39 Å². The monoisotopic (exact) mass is 266 g/mol. The molecule has 2 N–H and O–H groups in total. The summed E-state index contributed by atoms with van der Waals surface area (Å²) in [6.45, 7) is 6.11. The summed E-state index contributed by atoms with van der Waals surface area (Å²) in [7, 11) is 0. The molecule has 1 unspecified atom stereocenters. The lowest BCUT2D eigenvalue weighted by molar-refractivity contribution is 0.123. The highest BCUT2D eigenvalue weighted by molar-refractivity contribution is 5.26. The fourth-order valence-electron chi connectivity index (χ4n) is 2.56. The minimum atomic E-state index is -0.334. The predicted molar refractivity (Wildman–Crippen MR) is 74.5 cm³/mol. The first-order valence-corrected chi connectivity index (χ1v) is 7.01. The summed E-state index contributed by atoms with van der Waals surface area (Å²) in [4.78, 5) is 2.30. The van der Waals surface area contributed by atoms with Crippen molar-refractivity contribution in [3.05, 3.63) is 35.1 Å². The average Bonchev–Trinajstić information content (AvgIpc) is 2.84. The highest BCUT2D eigenvalue weighted by Gasteiger charge is 2.15. The molecule has 1 heterocycles. The van der Waals surface area contributed by atoms with Gasteiger partial charge in [-0.2, -0.15) is 0 Å². The van der Waals surface area contributed by atoms with Crippen molar-refractivity contribution in [2.45, 2.75) is 32.4 Å². The number of hydrogen-bond donors (Lipinski definition) is 2. The van der Waals surface area contributed by atoms with Crippen molar-refractivity contribution >= 4 is 0 Å². The second kappa shape index (κ2) is 6.98. The smallest absolute Gasteiger partial charge is 0.123 e. The molecule has 0 aromatic heterocycles. The van der Waals surface area contributed by atoms with Crippen molar-refractivity contribution in [2.24, 2.45) is 0 Å². The first kappa shape index (κ1) is 14.4. The highest BCUT2D eigenvalue weighted by atomic mass is 19.1. The summed E-state index contributed by atoms with van der Waals surface area (Å²) in [5.41, 5.74) is 2.02. The molecule has 0 radical (unpaired) electrons. The van der Waals surface area contributed by atoms with E-state index in [0.29, 0.717) is 13.1 Å². The summed E-state index contributed by atoms with van der Waals surface area (Å²) >= 11 is 0. The maximum Gasteiger partial charge on any atom is 0.123 e. The van der Waals surface area contributed by atoms with Crippen molar-refractivity contribution in [3.63, 3.8) is 0 Å². The number of aryl methyl sites for hydroxylation is 1. The van der Waals surface area contributed by atoms with E-state index in [-0.39, 0.29) is 11.9 Å². The third-order valence-corrected chi connectivity index (χ3v) is 3.67. The van der Waals surface area contributed by atoms with Gasteiger partial charge in [0.05, 0.1) is 6.10 Å². The number of rotatable bonds is 6. The maximum atomic E-state index is 13.0. The van der Waals surface area contributed by atoms with Crippen molar-refractivity contribution in [1.29, 1.82) is 0 Å². The Bertz CT molecular complexity index is 405. The fraction of sp³-hybridized carbons (Fsp3) is 0.600. The van der Waals surface area contributed by atoms with Crippen LogP contribution in [0.3, 0.4) is 0 Å². The molecule has 0 saturated carbocycles. The first-order chi connectivity index (χ1) is 9.15. The van der Waals surface area contributed by atoms with Gasteiger partial charge in [0.1, 0.15) is 5.82 Å². The van der Waals surface area contributed by atoms with E-state index in [4.69, 9.17) is 0 Å². The number of aliphatic hydroxyl groups excluding tert-OH is 1. The molecule has 0 spiro atoms. The van der Waals surface area contributed by atoms with Gasteiger partial charge in [-0.1, -0.05) is 6.07 Å². The summed E-state index contributed by atoms with van der Waals surface area (Å²) in [5.74, 6) is -0.199. The quantitative estimate of drug-likeness (QED) is 0.822. The predicted octanol–water partition coefficient (Wildman–Crippen LogP) is 1.68. The third kappa shape index (κ3) is 4.56. The van der Waals surface area contributed by atoms with Crippen LogP contribution in [-0.2, 0) is 6.54 Å². The second-order valence-electron chi connectivity index (χ2n) is 5.36. The van der Waals surface area contributed by atoms with Crippen LogP contribution in [0.5, 0.6) is 0 Å². The number of likely N-dealkylation sites (tertiary alicyclic amines) is 1. The van der Waals surface area contributed by atoms with Crippen LogP contribution in [0.2, 0.25) is 0 Å². The van der Waals surface area contributed by atoms with E-state index in [1.54, 1.807) is 6.07 Å². The van der Waals surface area contributed by atoms with Crippen LogP contribution >= 0.6 is 0 Å². The summed E-state index contributed by atoms with van der Waals surface area (Å²) in [6.07, 6.45) is 2.16. The Morgan fingerprint density at radius 3 is 2.79 bits per heavy atom. The number of aliphatic hydroxyl groups is 1. The molecule has 19 heavy (non-hydrogen) atoms. The Labute approximate surface area is 114 Å². The van der Waals surface area contributed by atoms with E-state index >= 15 is 0 Å². The van der Waals surface area contributed by atoms with Gasteiger partial charge in [-0.15, -0.1) is 0 Å². The SMILES string of the molecule is Cc1cc(F)ccc1CNCC(O)CN1CCCC1. The second-order valence-corrected chi connectivity index (χ2v) is 5.36. The topological polar surface area (TPSA) is 35.5 Å². The van der Waals surface area contributed by atoms with E-state index in [1.807, 2.05) is 6.92 Å². The van der Waals surface area contributed by atoms with Gasteiger partial charge in [-0.05, 0) is 56.1 Å². The molecule has 1 atom stereocenters. The molecule has 1 aromatic carbocycles. The molecule has 1 aliphatic rings. The van der Waals surface area contributed by atoms with Crippen molar-refractivity contribution in [3.8, 4) is 0 Å². The van der Waals surface area contributed by atoms with Crippen LogP contribution < -0.4 is 5.32 Å². The standard InChI is InChI=1S/C15H23FN2O/c1-12-8-14(16)5-4-13(12)9-17-10-15(19)11-18-6-2-3-7-18/h4-5,8,15,17,19H,2-3,6-7,9-11H2,1H3. The number of hydrogen-bond acceptors (Lipinski definition) is 3. The molecule has 1 aromatic rings. The van der Waals surface area contributed by atoms with Crippen LogP contribution in [0.4, 0.5) is 4.39 Å². The third-order valence-electron chi connectivity index (χ3n) is 3.67. The molecule has 0 aliphatic carbocycles. The molecule has 1 saturated heterocycles. The molecule has 0 bridgehead atoms. The number of β-amino-alcohol motifs (C(OH)–C–C–N with tert-alkyl or cyclic N) is 1. The Kier molecular flexibility index (Phi) is 5.31. The molecule has 1 aliphatic heterocycles.